The van der Waals surface area contributed by atoms with Crippen molar-refractivity contribution in [1.82, 2.24) is 4.90 Å². The van der Waals surface area contributed by atoms with Gasteiger partial charge in [-0.15, -0.1) is 0 Å². The Kier molecular flexibility index (Phi) is 4.37. The molecule has 0 spiro atoms. The van der Waals surface area contributed by atoms with Crippen LogP contribution in [0.5, 0.6) is 5.75 Å². The summed E-state index contributed by atoms with van der Waals surface area (Å²) < 4.78 is 24.6. The smallest absolute Gasteiger partial charge is 0.410 e. The first-order valence-corrected chi connectivity index (χ1v) is 6.84. The Balaban J connectivity index is 2.10. The normalized spacial score (nSPS) is 19.4. The standard InChI is InChI=1S/C15H20FNO4/c1-15(2,3)21-14(19)17-6-7-20-13(9-17)11-8-10(18)4-5-12(11)16/h4-5,8,13,18H,6-7,9H2,1-3H3/t13-/m0/s1. The maximum Gasteiger partial charge on any atom is 0.410 e. The number of benzene rings is 1. The lowest BCUT2D eigenvalue weighted by molar-refractivity contribution is -0.0444. The molecule has 1 aliphatic heterocycles. The Morgan fingerprint density at radius 1 is 1.48 bits per heavy atom. The molecule has 6 heteroatoms. The third-order valence-electron chi connectivity index (χ3n) is 3.04. The van der Waals surface area contributed by atoms with Crippen LogP contribution < -0.4 is 0 Å². The number of nitrogens with zero attached hydrogens (tertiary/aromatic N) is 1. The van der Waals surface area contributed by atoms with Crippen molar-refractivity contribution in [2.75, 3.05) is 19.7 Å². The molecule has 0 aliphatic carbocycles. The third-order valence-corrected chi connectivity index (χ3v) is 3.04. The van der Waals surface area contributed by atoms with Crippen LogP contribution in [0.25, 0.3) is 0 Å². The minimum Gasteiger partial charge on any atom is -0.508 e. The third kappa shape index (κ3) is 4.07. The van der Waals surface area contributed by atoms with Crippen LogP contribution in [0.3, 0.4) is 0 Å². The quantitative estimate of drug-likeness (QED) is 0.866. The van der Waals surface area contributed by atoms with Crippen LogP contribution in [0.4, 0.5) is 9.18 Å². The first-order valence-electron chi connectivity index (χ1n) is 6.84. The van der Waals surface area contributed by atoms with Crippen molar-refractivity contribution in [1.29, 1.82) is 0 Å². The number of amides is 1. The predicted octanol–water partition coefficient (Wildman–Crippen LogP) is 2.84. The van der Waals surface area contributed by atoms with Crippen LogP contribution >= 0.6 is 0 Å². The van der Waals surface area contributed by atoms with Gasteiger partial charge in [-0.3, -0.25) is 0 Å². The maximum atomic E-state index is 13.8. The van der Waals surface area contributed by atoms with Crippen LogP contribution in [-0.2, 0) is 9.47 Å². The summed E-state index contributed by atoms with van der Waals surface area (Å²) in [6.07, 6.45) is -1.06. The highest BCUT2D eigenvalue weighted by atomic mass is 19.1. The van der Waals surface area contributed by atoms with Crippen LogP contribution in [0.15, 0.2) is 18.2 Å². The predicted molar refractivity (Wildman–Crippen MR) is 74.6 cm³/mol. The monoisotopic (exact) mass is 297 g/mol. The van der Waals surface area contributed by atoms with E-state index >= 15 is 0 Å². The van der Waals surface area contributed by atoms with Crippen LogP contribution in [0.1, 0.15) is 32.4 Å². The lowest BCUT2D eigenvalue weighted by Crippen LogP contribution is -2.44. The summed E-state index contributed by atoms with van der Waals surface area (Å²) >= 11 is 0. The maximum absolute atomic E-state index is 13.8. The summed E-state index contributed by atoms with van der Waals surface area (Å²) in [7, 11) is 0. The first kappa shape index (κ1) is 15.6. The van der Waals surface area contributed by atoms with Gasteiger partial charge in [0.2, 0.25) is 0 Å². The highest BCUT2D eigenvalue weighted by Crippen LogP contribution is 2.28. The topological polar surface area (TPSA) is 59.0 Å². The van der Waals surface area contributed by atoms with E-state index in [1.165, 1.54) is 23.1 Å². The minimum atomic E-state index is -0.613. The average molecular weight is 297 g/mol. The molecule has 0 aromatic heterocycles. The van der Waals surface area contributed by atoms with Crippen molar-refractivity contribution in [3.63, 3.8) is 0 Å². The second kappa shape index (κ2) is 5.89. The van der Waals surface area contributed by atoms with Gasteiger partial charge < -0.3 is 19.5 Å². The summed E-state index contributed by atoms with van der Waals surface area (Å²) in [5, 5.41) is 9.47. The Hall–Kier alpha value is -1.82. The number of carbonyl (C=O) groups excluding carboxylic acids is 1. The molecule has 0 radical (unpaired) electrons. The molecule has 21 heavy (non-hydrogen) atoms. The largest absolute Gasteiger partial charge is 0.508 e. The molecule has 0 bridgehead atoms. The van der Waals surface area contributed by atoms with E-state index in [1.54, 1.807) is 20.8 Å². The molecule has 1 fully saturated rings. The van der Waals surface area contributed by atoms with Crippen LogP contribution in [0, 0.1) is 5.82 Å². The lowest BCUT2D eigenvalue weighted by atomic mass is 10.1. The van der Waals surface area contributed by atoms with Crippen LogP contribution in [-0.4, -0.2) is 41.4 Å². The molecule has 1 heterocycles. The lowest BCUT2D eigenvalue weighted by Gasteiger charge is -2.34. The molecule has 1 atom stereocenters. The SMILES string of the molecule is CC(C)(C)OC(=O)N1CCO[C@H](c2cc(O)ccc2F)C1. The second-order valence-electron chi connectivity index (χ2n) is 5.99. The second-order valence-corrected chi connectivity index (χ2v) is 5.99. The van der Waals surface area contributed by atoms with E-state index in [9.17, 15) is 14.3 Å². The van der Waals surface area contributed by atoms with Crippen molar-refractivity contribution in [3.8, 4) is 5.75 Å². The molecule has 1 aromatic carbocycles. The van der Waals surface area contributed by atoms with Crippen molar-refractivity contribution in [3.05, 3.63) is 29.6 Å². The molecule has 0 unspecified atom stereocenters. The van der Waals surface area contributed by atoms with Gasteiger partial charge in [0.1, 0.15) is 23.3 Å². The van der Waals surface area contributed by atoms with Gasteiger partial charge in [0.05, 0.1) is 13.2 Å². The Morgan fingerprint density at radius 2 is 2.19 bits per heavy atom. The zero-order valence-corrected chi connectivity index (χ0v) is 12.4. The summed E-state index contributed by atoms with van der Waals surface area (Å²) in [5.41, 5.74) is -0.343. The minimum absolute atomic E-state index is 0.0376. The highest BCUT2D eigenvalue weighted by molar-refractivity contribution is 5.68. The Bertz CT molecular complexity index is 527. The van der Waals surface area contributed by atoms with E-state index in [4.69, 9.17) is 9.47 Å². The fourth-order valence-electron chi connectivity index (χ4n) is 2.11. The zero-order valence-electron chi connectivity index (χ0n) is 12.4. The number of phenols is 1. The Labute approximate surface area is 123 Å². The molecule has 1 aromatic rings. The van der Waals surface area contributed by atoms with Gasteiger partial charge in [-0.2, -0.15) is 0 Å². The molecule has 1 aliphatic rings. The van der Waals surface area contributed by atoms with Crippen molar-refractivity contribution in [2.24, 2.45) is 0 Å². The van der Waals surface area contributed by atoms with E-state index in [-0.39, 0.29) is 17.9 Å². The fourth-order valence-corrected chi connectivity index (χ4v) is 2.11. The molecular weight excluding hydrogens is 277 g/mol. The van der Waals surface area contributed by atoms with Gasteiger partial charge in [-0.05, 0) is 39.0 Å². The number of hydrogen-bond donors (Lipinski definition) is 1. The summed E-state index contributed by atoms with van der Waals surface area (Å²) in [6, 6.07) is 3.77. The highest BCUT2D eigenvalue weighted by Gasteiger charge is 2.30. The van der Waals surface area contributed by atoms with Crippen molar-refractivity contribution < 1.29 is 23.8 Å². The molecule has 1 N–H and O–H groups in total. The summed E-state index contributed by atoms with van der Waals surface area (Å²) in [5.74, 6) is -0.506. The molecule has 0 saturated carbocycles. The number of halogens is 1. The molecule has 116 valence electrons. The van der Waals surface area contributed by atoms with E-state index < -0.39 is 23.6 Å². The van der Waals surface area contributed by atoms with E-state index in [2.05, 4.69) is 0 Å². The van der Waals surface area contributed by atoms with E-state index in [1.807, 2.05) is 0 Å². The summed E-state index contributed by atoms with van der Waals surface area (Å²) in [6.45, 7) is 6.24. The number of morpholine rings is 1. The number of hydrogen-bond acceptors (Lipinski definition) is 4. The van der Waals surface area contributed by atoms with E-state index in [0.29, 0.717) is 13.2 Å². The van der Waals surface area contributed by atoms with E-state index in [0.717, 1.165) is 0 Å². The van der Waals surface area contributed by atoms with Crippen molar-refractivity contribution >= 4 is 6.09 Å². The van der Waals surface area contributed by atoms with Crippen molar-refractivity contribution in [2.45, 2.75) is 32.5 Å². The molecular formula is C15H20FNO4. The van der Waals surface area contributed by atoms with Gasteiger partial charge in [0.25, 0.3) is 0 Å². The number of rotatable bonds is 1. The number of phenolic OH excluding ortho intramolecular Hbond substituents is 1. The summed E-state index contributed by atoms with van der Waals surface area (Å²) in [4.78, 5) is 13.5. The molecule has 1 amide bonds. The molecule has 2 rings (SSSR count). The van der Waals surface area contributed by atoms with Gasteiger partial charge in [0.15, 0.2) is 0 Å². The van der Waals surface area contributed by atoms with Gasteiger partial charge in [0, 0.05) is 12.1 Å². The fraction of sp³-hybridized carbons (Fsp3) is 0.533. The van der Waals surface area contributed by atoms with Gasteiger partial charge in [-0.1, -0.05) is 0 Å². The number of ether oxygens (including phenoxy) is 2. The first-order chi connectivity index (χ1) is 9.76. The zero-order chi connectivity index (χ0) is 15.6. The van der Waals surface area contributed by atoms with Gasteiger partial charge in [-0.25, -0.2) is 9.18 Å². The number of carbonyl (C=O) groups is 1. The van der Waals surface area contributed by atoms with Gasteiger partial charge >= 0.3 is 6.09 Å². The number of aromatic hydroxyl groups is 1. The molecule has 1 saturated heterocycles. The van der Waals surface area contributed by atoms with Crippen LogP contribution in [0.2, 0.25) is 0 Å². The Morgan fingerprint density at radius 3 is 2.86 bits per heavy atom. The average Bonchev–Trinajstić information content (AvgIpc) is 2.40. The molecule has 5 nitrogen and oxygen atoms in total.